The van der Waals surface area contributed by atoms with Crippen LogP contribution in [0.2, 0.25) is 0 Å². The van der Waals surface area contributed by atoms with E-state index in [2.05, 4.69) is 43.5 Å². The number of thiocarbonyl (C=S) groups is 1. The van der Waals surface area contributed by atoms with Gasteiger partial charge >= 0.3 is 0 Å². The first kappa shape index (κ1) is 10.4. The first-order valence-corrected chi connectivity index (χ1v) is 4.03. The van der Waals surface area contributed by atoms with Gasteiger partial charge in [0.2, 0.25) is 0 Å². The van der Waals surface area contributed by atoms with Crippen molar-refractivity contribution in [1.82, 2.24) is 5.43 Å². The molecule has 64 valence electrons. The molecular weight excluding hydrogens is 158 g/mol. The van der Waals surface area contributed by atoms with Crippen LogP contribution in [0.25, 0.3) is 0 Å². The van der Waals surface area contributed by atoms with Gasteiger partial charge in [0.1, 0.15) is 0 Å². The number of rotatable bonds is 3. The molecule has 0 amide bonds. The summed E-state index contributed by atoms with van der Waals surface area (Å²) in [5.74, 6) is 1.03. The quantitative estimate of drug-likeness (QED) is 0.382. The Labute approximate surface area is 73.0 Å². The summed E-state index contributed by atoms with van der Waals surface area (Å²) in [7, 11) is 0. The Bertz CT molecular complexity index is 154. The molecule has 0 unspecified atom stereocenters. The molecule has 0 radical (unpaired) electrons. The maximum Gasteiger partial charge on any atom is 0.184 e. The molecule has 0 spiro atoms. The Morgan fingerprint density at radius 3 is 2.45 bits per heavy atom. The standard InChI is InChI=1S/C7H15N3S/c1-5(2)6(3)4-9-10-7(8)11/h4-6H,1-3H3,(H3,8,10,11)/b9-4+/t6-/m1/s1. The van der Waals surface area contributed by atoms with Crippen LogP contribution in [0.5, 0.6) is 0 Å². The zero-order chi connectivity index (χ0) is 8.85. The fourth-order valence-corrected chi connectivity index (χ4v) is 0.443. The van der Waals surface area contributed by atoms with Gasteiger partial charge in [0, 0.05) is 6.21 Å². The molecule has 0 aliphatic rings. The van der Waals surface area contributed by atoms with Crippen LogP contribution in [0.4, 0.5) is 0 Å². The summed E-state index contributed by atoms with van der Waals surface area (Å²) < 4.78 is 0. The normalized spacial score (nSPS) is 13.8. The lowest BCUT2D eigenvalue weighted by molar-refractivity contribution is 0.539. The van der Waals surface area contributed by atoms with Crippen molar-refractivity contribution in [1.29, 1.82) is 0 Å². The van der Waals surface area contributed by atoms with E-state index >= 15 is 0 Å². The molecule has 3 N–H and O–H groups in total. The van der Waals surface area contributed by atoms with Crippen molar-refractivity contribution in [2.75, 3.05) is 0 Å². The van der Waals surface area contributed by atoms with Gasteiger partial charge in [0.15, 0.2) is 5.11 Å². The number of nitrogens with one attached hydrogen (secondary N) is 1. The van der Waals surface area contributed by atoms with Crippen LogP contribution in [0.1, 0.15) is 20.8 Å². The molecule has 0 rings (SSSR count). The summed E-state index contributed by atoms with van der Waals surface area (Å²) in [5.41, 5.74) is 7.67. The van der Waals surface area contributed by atoms with Crippen LogP contribution in [-0.4, -0.2) is 11.3 Å². The SMILES string of the molecule is CC(C)[C@H](C)/C=N/NC(N)=S. The van der Waals surface area contributed by atoms with Gasteiger partial charge < -0.3 is 5.73 Å². The van der Waals surface area contributed by atoms with Gasteiger partial charge in [-0.3, -0.25) is 5.43 Å². The van der Waals surface area contributed by atoms with E-state index in [9.17, 15) is 0 Å². The zero-order valence-electron chi connectivity index (χ0n) is 7.16. The molecule has 0 aliphatic heterocycles. The zero-order valence-corrected chi connectivity index (χ0v) is 7.98. The summed E-state index contributed by atoms with van der Waals surface area (Å²) in [6.07, 6.45) is 1.81. The van der Waals surface area contributed by atoms with Crippen LogP contribution in [0, 0.1) is 11.8 Å². The van der Waals surface area contributed by atoms with E-state index in [-0.39, 0.29) is 5.11 Å². The minimum atomic E-state index is 0.206. The predicted octanol–water partition coefficient (Wildman–Crippen LogP) is 1.10. The molecule has 0 saturated heterocycles. The van der Waals surface area contributed by atoms with E-state index in [1.807, 2.05) is 6.21 Å². The molecular formula is C7H15N3S. The lowest BCUT2D eigenvalue weighted by atomic mass is 10.0. The van der Waals surface area contributed by atoms with Gasteiger partial charge in [-0.1, -0.05) is 20.8 Å². The highest BCUT2D eigenvalue weighted by molar-refractivity contribution is 7.80. The number of nitrogens with zero attached hydrogens (tertiary/aromatic N) is 1. The molecule has 3 nitrogen and oxygen atoms in total. The Kier molecular flexibility index (Phi) is 4.77. The molecule has 0 aromatic heterocycles. The van der Waals surface area contributed by atoms with Crippen molar-refractivity contribution in [2.45, 2.75) is 20.8 Å². The van der Waals surface area contributed by atoms with Crippen LogP contribution >= 0.6 is 12.2 Å². The summed E-state index contributed by atoms with van der Waals surface area (Å²) in [5, 5.41) is 4.06. The molecule has 0 aliphatic carbocycles. The first-order valence-electron chi connectivity index (χ1n) is 3.62. The fourth-order valence-electron chi connectivity index (χ4n) is 0.391. The van der Waals surface area contributed by atoms with Crippen LogP contribution < -0.4 is 11.2 Å². The maximum absolute atomic E-state index is 5.16. The van der Waals surface area contributed by atoms with Crippen molar-refractivity contribution in [2.24, 2.45) is 22.7 Å². The van der Waals surface area contributed by atoms with Gasteiger partial charge in [-0.2, -0.15) is 5.10 Å². The van der Waals surface area contributed by atoms with Crippen LogP contribution in [-0.2, 0) is 0 Å². The summed E-state index contributed by atoms with van der Waals surface area (Å²) in [6.45, 7) is 6.37. The van der Waals surface area contributed by atoms with E-state index in [4.69, 9.17) is 5.73 Å². The molecule has 0 heterocycles. The van der Waals surface area contributed by atoms with Crippen molar-refractivity contribution < 1.29 is 0 Å². The molecule has 4 heteroatoms. The van der Waals surface area contributed by atoms with Gasteiger partial charge in [0.25, 0.3) is 0 Å². The summed E-state index contributed by atoms with van der Waals surface area (Å²) in [4.78, 5) is 0. The molecule has 11 heavy (non-hydrogen) atoms. The first-order chi connectivity index (χ1) is 5.04. The van der Waals surface area contributed by atoms with Crippen LogP contribution in [0.3, 0.4) is 0 Å². The molecule has 0 aromatic rings. The topological polar surface area (TPSA) is 50.4 Å². The number of hydrazone groups is 1. The van der Waals surface area contributed by atoms with E-state index in [0.29, 0.717) is 11.8 Å². The van der Waals surface area contributed by atoms with E-state index in [1.54, 1.807) is 0 Å². The third kappa shape index (κ3) is 5.79. The van der Waals surface area contributed by atoms with Gasteiger partial charge in [-0.25, -0.2) is 0 Å². The maximum atomic E-state index is 5.16. The summed E-state index contributed by atoms with van der Waals surface area (Å²) >= 11 is 4.57. The Hall–Kier alpha value is -0.640. The van der Waals surface area contributed by atoms with Crippen molar-refractivity contribution in [3.63, 3.8) is 0 Å². The van der Waals surface area contributed by atoms with Gasteiger partial charge in [-0.05, 0) is 24.1 Å². The minimum Gasteiger partial charge on any atom is -0.375 e. The highest BCUT2D eigenvalue weighted by Crippen LogP contribution is 2.05. The van der Waals surface area contributed by atoms with Crippen molar-refractivity contribution in [3.05, 3.63) is 0 Å². The van der Waals surface area contributed by atoms with E-state index in [0.717, 1.165) is 0 Å². The van der Waals surface area contributed by atoms with Crippen molar-refractivity contribution >= 4 is 23.5 Å². The van der Waals surface area contributed by atoms with Crippen molar-refractivity contribution in [3.8, 4) is 0 Å². The highest BCUT2D eigenvalue weighted by atomic mass is 32.1. The average Bonchev–Trinajstić information content (AvgIpc) is 1.86. The summed E-state index contributed by atoms with van der Waals surface area (Å²) in [6, 6.07) is 0. The molecule has 0 saturated carbocycles. The van der Waals surface area contributed by atoms with Gasteiger partial charge in [0.05, 0.1) is 0 Å². The third-order valence-corrected chi connectivity index (χ3v) is 1.63. The van der Waals surface area contributed by atoms with E-state index in [1.165, 1.54) is 0 Å². The largest absolute Gasteiger partial charge is 0.375 e. The third-order valence-electron chi connectivity index (χ3n) is 1.54. The Balaban J connectivity index is 3.65. The fraction of sp³-hybridized carbons (Fsp3) is 0.714. The second-order valence-corrected chi connectivity index (χ2v) is 3.30. The second-order valence-electron chi connectivity index (χ2n) is 2.86. The molecule has 0 aromatic carbocycles. The number of hydrogen-bond acceptors (Lipinski definition) is 2. The smallest absolute Gasteiger partial charge is 0.184 e. The molecule has 0 fully saturated rings. The predicted molar refractivity (Wildman–Crippen MR) is 52.4 cm³/mol. The minimum absolute atomic E-state index is 0.206. The molecule has 1 atom stereocenters. The lowest BCUT2D eigenvalue weighted by Crippen LogP contribution is -2.24. The number of hydrogen-bond donors (Lipinski definition) is 2. The number of nitrogens with two attached hydrogens (primary N) is 1. The Morgan fingerprint density at radius 1 is 1.55 bits per heavy atom. The van der Waals surface area contributed by atoms with Crippen LogP contribution in [0.15, 0.2) is 5.10 Å². The van der Waals surface area contributed by atoms with E-state index < -0.39 is 0 Å². The molecule has 0 bridgehead atoms. The average molecular weight is 173 g/mol. The van der Waals surface area contributed by atoms with Gasteiger partial charge in [-0.15, -0.1) is 0 Å². The monoisotopic (exact) mass is 173 g/mol. The lowest BCUT2D eigenvalue weighted by Gasteiger charge is -2.08. The Morgan fingerprint density at radius 2 is 2.09 bits per heavy atom. The highest BCUT2D eigenvalue weighted by Gasteiger charge is 2.01. The second kappa shape index (κ2) is 5.07.